The first-order chi connectivity index (χ1) is 25.5. The van der Waals surface area contributed by atoms with Gasteiger partial charge in [0, 0.05) is 37.4 Å². The van der Waals surface area contributed by atoms with E-state index >= 15 is 0 Å². The van der Waals surface area contributed by atoms with Gasteiger partial charge in [-0.25, -0.2) is 0 Å². The maximum Gasteiger partial charge on any atom is 0.0774 e. The van der Waals surface area contributed by atoms with Crippen LogP contribution in [-0.4, -0.2) is 14.5 Å². The third kappa shape index (κ3) is 7.42. The van der Waals surface area contributed by atoms with Crippen molar-refractivity contribution in [3.63, 3.8) is 0 Å². The number of benzene rings is 6. The zero-order chi connectivity index (χ0) is 35.5. The molecule has 3 nitrogen and oxygen atoms in total. The van der Waals surface area contributed by atoms with Gasteiger partial charge in [0.2, 0.25) is 0 Å². The molecular formula is C48H37IrN3S-2. The number of hydrogen-bond acceptors (Lipinski definition) is 3. The molecule has 0 N–H and O–H groups in total. The molecule has 0 fully saturated rings. The summed E-state index contributed by atoms with van der Waals surface area (Å²) in [6, 6.07) is 60.0. The molecule has 261 valence electrons. The van der Waals surface area contributed by atoms with Gasteiger partial charge in [-0.1, -0.05) is 157 Å². The Hall–Kier alpha value is -5.45. The summed E-state index contributed by atoms with van der Waals surface area (Å²) in [6.45, 7) is 6.80. The molecule has 0 saturated heterocycles. The van der Waals surface area contributed by atoms with Crippen LogP contribution in [0.3, 0.4) is 0 Å². The Balaban J connectivity index is 0.000000284. The largest absolute Gasteiger partial charge is 0.332 e. The number of nitrogens with zero attached hydrogens (tertiary/aromatic N) is 3. The fraction of sp³-hybridized carbons (Fsp3) is 0.0833. The number of para-hydroxylation sites is 3. The minimum absolute atomic E-state index is 0. The smallest absolute Gasteiger partial charge is 0.0774 e. The van der Waals surface area contributed by atoms with E-state index in [1.165, 1.54) is 37.9 Å². The maximum absolute atomic E-state index is 5.28. The standard InChI is InChI=1S/C37H29N2S.C11H8N.Ir/c1-37(2,3)27-21-22-34-30(23-27)31(24-40-34)36-38-32-19-10-11-20-33(32)39(36)35-28(25-13-6-4-7-14-25)17-12-18-29(35)26-15-8-5-9-16-26;1-2-6-10(7-3-1)11-8-4-5-9-12-11;/h4-23H,1-3H3;1-6,8-9H;/q2*-1;. The Bertz CT molecular complexity index is 2490. The van der Waals surface area contributed by atoms with E-state index in [4.69, 9.17) is 4.98 Å². The minimum Gasteiger partial charge on any atom is -0.332 e. The van der Waals surface area contributed by atoms with Crippen LogP contribution in [-0.2, 0) is 25.5 Å². The van der Waals surface area contributed by atoms with Crippen molar-refractivity contribution in [1.29, 1.82) is 0 Å². The third-order valence-electron chi connectivity index (χ3n) is 9.24. The summed E-state index contributed by atoms with van der Waals surface area (Å²) < 4.78 is 3.59. The van der Waals surface area contributed by atoms with Gasteiger partial charge in [0.25, 0.3) is 0 Å². The van der Waals surface area contributed by atoms with E-state index in [-0.39, 0.29) is 25.5 Å². The number of aromatic nitrogens is 3. The average molecular weight is 880 g/mol. The van der Waals surface area contributed by atoms with E-state index in [1.54, 1.807) is 17.5 Å². The molecule has 53 heavy (non-hydrogen) atoms. The Labute approximate surface area is 329 Å². The van der Waals surface area contributed by atoms with Crippen molar-refractivity contribution in [2.75, 3.05) is 0 Å². The first-order valence-electron chi connectivity index (χ1n) is 17.5. The predicted molar refractivity (Wildman–Crippen MR) is 219 cm³/mol. The van der Waals surface area contributed by atoms with Crippen LogP contribution in [0.4, 0.5) is 0 Å². The van der Waals surface area contributed by atoms with E-state index in [0.29, 0.717) is 0 Å². The number of thiophene rings is 1. The number of pyridine rings is 1. The molecule has 9 aromatic rings. The molecular weight excluding hydrogens is 843 g/mol. The molecule has 5 heteroatoms. The topological polar surface area (TPSA) is 30.7 Å². The zero-order valence-electron chi connectivity index (χ0n) is 29.7. The maximum atomic E-state index is 5.28. The molecule has 0 amide bonds. The fourth-order valence-electron chi connectivity index (χ4n) is 6.59. The second kappa shape index (κ2) is 15.7. The molecule has 0 atom stereocenters. The summed E-state index contributed by atoms with van der Waals surface area (Å²) >= 11 is 1.66. The summed E-state index contributed by atoms with van der Waals surface area (Å²) in [5.41, 5.74) is 12.3. The Morgan fingerprint density at radius 3 is 1.94 bits per heavy atom. The molecule has 0 spiro atoms. The molecule has 3 heterocycles. The van der Waals surface area contributed by atoms with E-state index in [1.807, 2.05) is 42.5 Å². The number of fused-ring (bicyclic) bond motifs is 2. The van der Waals surface area contributed by atoms with E-state index in [2.05, 4.69) is 163 Å². The van der Waals surface area contributed by atoms with E-state index in [0.717, 1.165) is 39.4 Å². The monoisotopic (exact) mass is 880 g/mol. The quantitative estimate of drug-likeness (QED) is 0.161. The Morgan fingerprint density at radius 1 is 0.642 bits per heavy atom. The van der Waals surface area contributed by atoms with Crippen molar-refractivity contribution in [1.82, 2.24) is 14.5 Å². The summed E-state index contributed by atoms with van der Waals surface area (Å²) in [7, 11) is 0. The normalized spacial score (nSPS) is 11.2. The van der Waals surface area contributed by atoms with Crippen LogP contribution < -0.4 is 0 Å². The van der Waals surface area contributed by atoms with Crippen molar-refractivity contribution in [3.8, 4) is 50.6 Å². The summed E-state index contributed by atoms with van der Waals surface area (Å²) in [4.78, 5) is 9.50. The summed E-state index contributed by atoms with van der Waals surface area (Å²) in [5, 5.41) is 4.86. The van der Waals surface area contributed by atoms with E-state index < -0.39 is 0 Å². The van der Waals surface area contributed by atoms with Gasteiger partial charge in [-0.15, -0.1) is 47.3 Å². The van der Waals surface area contributed by atoms with Crippen LogP contribution in [0.1, 0.15) is 26.3 Å². The third-order valence-corrected chi connectivity index (χ3v) is 10.1. The first-order valence-corrected chi connectivity index (χ1v) is 18.3. The predicted octanol–water partition coefficient (Wildman–Crippen LogP) is 12.9. The molecule has 9 rings (SSSR count). The van der Waals surface area contributed by atoms with Gasteiger partial charge in [0.05, 0.1) is 22.5 Å². The zero-order valence-corrected chi connectivity index (χ0v) is 33.0. The molecule has 1 radical (unpaired) electrons. The second-order valence-electron chi connectivity index (χ2n) is 13.7. The van der Waals surface area contributed by atoms with Crippen molar-refractivity contribution in [2.45, 2.75) is 26.2 Å². The van der Waals surface area contributed by atoms with Crippen molar-refractivity contribution >= 4 is 32.5 Å². The molecule has 0 unspecified atom stereocenters. The van der Waals surface area contributed by atoms with Crippen LogP contribution in [0, 0.1) is 11.4 Å². The molecule has 0 bridgehead atoms. The molecule has 0 aliphatic heterocycles. The fourth-order valence-corrected chi connectivity index (χ4v) is 7.41. The molecule has 3 aromatic heterocycles. The Morgan fingerprint density at radius 2 is 1.30 bits per heavy atom. The van der Waals surface area contributed by atoms with Gasteiger partial charge in [0.1, 0.15) is 0 Å². The number of imidazole rings is 1. The summed E-state index contributed by atoms with van der Waals surface area (Å²) in [6.07, 6.45) is 1.79. The molecule has 0 aliphatic rings. The van der Waals surface area contributed by atoms with Gasteiger partial charge in [-0.2, -0.15) is 0 Å². The van der Waals surface area contributed by atoms with Crippen molar-refractivity contribution < 1.29 is 20.1 Å². The van der Waals surface area contributed by atoms with Gasteiger partial charge in [-0.05, 0) is 40.4 Å². The van der Waals surface area contributed by atoms with Crippen molar-refractivity contribution in [2.24, 2.45) is 0 Å². The second-order valence-corrected chi connectivity index (χ2v) is 14.6. The number of rotatable bonds is 5. The molecule has 0 aliphatic carbocycles. The van der Waals surface area contributed by atoms with Crippen LogP contribution in [0.2, 0.25) is 0 Å². The van der Waals surface area contributed by atoms with Crippen LogP contribution >= 0.6 is 11.3 Å². The first kappa shape index (κ1) is 35.9. The van der Waals surface area contributed by atoms with Gasteiger partial charge in [0.15, 0.2) is 0 Å². The SMILES string of the molecule is CC(C)(C)c1ccc2s[c-]c(-c3nc4ccccc4n3-c3c(-c4ccccc4)cccc3-c3ccccc3)c2c1.[Ir].[c-]1ccccc1-c1ccccn1. The van der Waals surface area contributed by atoms with E-state index in [9.17, 15) is 0 Å². The Kier molecular flexibility index (Phi) is 10.6. The van der Waals surface area contributed by atoms with Crippen LogP contribution in [0.25, 0.3) is 71.7 Å². The average Bonchev–Trinajstić information content (AvgIpc) is 3.80. The van der Waals surface area contributed by atoms with Crippen molar-refractivity contribution in [3.05, 3.63) is 187 Å². The molecule has 6 aromatic carbocycles. The van der Waals surface area contributed by atoms with Gasteiger partial charge < -0.3 is 9.55 Å². The van der Waals surface area contributed by atoms with Gasteiger partial charge in [-0.3, -0.25) is 16.3 Å². The van der Waals surface area contributed by atoms with Crippen LogP contribution in [0.15, 0.2) is 170 Å². The molecule has 0 saturated carbocycles. The van der Waals surface area contributed by atoms with Crippen LogP contribution in [0.5, 0.6) is 0 Å². The summed E-state index contributed by atoms with van der Waals surface area (Å²) in [5.74, 6) is 0.916. The number of hydrogen-bond donors (Lipinski definition) is 0. The minimum atomic E-state index is 0. The van der Waals surface area contributed by atoms with Gasteiger partial charge >= 0.3 is 0 Å².